The lowest BCUT2D eigenvalue weighted by molar-refractivity contribution is -0.288. The van der Waals surface area contributed by atoms with Crippen LogP contribution in [0.5, 0.6) is 0 Å². The number of hydrogen-bond acceptors (Lipinski definition) is 0. The van der Waals surface area contributed by atoms with Gasteiger partial charge in [0, 0.05) is 0 Å². The Morgan fingerprint density at radius 1 is 0.692 bits per heavy atom. The van der Waals surface area contributed by atoms with E-state index in [4.69, 9.17) is 0 Å². The fourth-order valence-corrected chi connectivity index (χ4v) is 3.09. The van der Waals surface area contributed by atoms with Gasteiger partial charge in [-0.05, 0) is 34.6 Å². The van der Waals surface area contributed by atoms with E-state index in [9.17, 15) is 26.3 Å². The minimum absolute atomic E-state index is 0.000869. The second-order valence-electron chi connectivity index (χ2n) is 6.57. The topological polar surface area (TPSA) is 0 Å². The third kappa shape index (κ3) is 3.33. The zero-order chi connectivity index (χ0) is 19.8. The van der Waals surface area contributed by atoms with Crippen LogP contribution in [-0.2, 0) is 11.8 Å². The Kier molecular flexibility index (Phi) is 5.45. The van der Waals surface area contributed by atoms with Gasteiger partial charge in [-0.25, -0.2) is 0 Å². The van der Waals surface area contributed by atoms with Crippen LogP contribution in [0.2, 0.25) is 0 Å². The van der Waals surface area contributed by atoms with E-state index >= 15 is 0 Å². The zero-order valence-electron chi connectivity index (χ0n) is 14.7. The second kappa shape index (κ2) is 6.97. The third-order valence-corrected chi connectivity index (χ3v) is 4.66. The van der Waals surface area contributed by atoms with E-state index in [0.29, 0.717) is 17.5 Å². The van der Waals surface area contributed by atoms with Crippen LogP contribution in [-0.4, -0.2) is 12.4 Å². The summed E-state index contributed by atoms with van der Waals surface area (Å²) in [6, 6.07) is 8.99. The molecule has 0 heterocycles. The molecular formula is C20H20F6. The number of halogens is 6. The molecule has 0 fully saturated rings. The van der Waals surface area contributed by atoms with Gasteiger partial charge in [-0.15, -0.1) is 0 Å². The molecule has 2 aromatic carbocycles. The highest BCUT2D eigenvalue weighted by Gasteiger charge is 2.72. The van der Waals surface area contributed by atoms with Gasteiger partial charge in [0.15, 0.2) is 0 Å². The van der Waals surface area contributed by atoms with Crippen molar-refractivity contribution >= 4 is 0 Å². The zero-order valence-corrected chi connectivity index (χ0v) is 14.7. The Labute approximate surface area is 148 Å². The second-order valence-corrected chi connectivity index (χ2v) is 6.57. The summed E-state index contributed by atoms with van der Waals surface area (Å²) in [7, 11) is 0. The molecule has 6 heteroatoms. The minimum atomic E-state index is -5.54. The number of rotatable bonds is 4. The maximum absolute atomic E-state index is 14.0. The van der Waals surface area contributed by atoms with Crippen molar-refractivity contribution in [2.24, 2.45) is 0 Å². The molecule has 0 aromatic heterocycles. The molecule has 2 aromatic rings. The molecular weight excluding hydrogens is 354 g/mol. The van der Waals surface area contributed by atoms with Gasteiger partial charge in [0.2, 0.25) is 5.41 Å². The van der Waals surface area contributed by atoms with Crippen molar-refractivity contribution in [3.05, 3.63) is 70.8 Å². The fraction of sp³-hybridized carbons (Fsp3) is 0.400. The predicted octanol–water partition coefficient (Wildman–Crippen LogP) is 6.78. The first-order valence-electron chi connectivity index (χ1n) is 8.28. The van der Waals surface area contributed by atoms with Crippen molar-refractivity contribution in [1.29, 1.82) is 0 Å². The summed E-state index contributed by atoms with van der Waals surface area (Å²) >= 11 is 0. The van der Waals surface area contributed by atoms with Crippen molar-refractivity contribution in [3.8, 4) is 0 Å². The molecule has 142 valence electrons. The first-order valence-corrected chi connectivity index (χ1v) is 8.28. The van der Waals surface area contributed by atoms with Gasteiger partial charge in [-0.1, -0.05) is 69.3 Å². The summed E-state index contributed by atoms with van der Waals surface area (Å²) < 4.78 is 83.8. The van der Waals surface area contributed by atoms with Crippen molar-refractivity contribution in [2.45, 2.75) is 50.9 Å². The molecule has 0 saturated heterocycles. The molecule has 0 aliphatic carbocycles. The van der Waals surface area contributed by atoms with Gasteiger partial charge >= 0.3 is 12.4 Å². The molecule has 0 aliphatic rings. The first-order chi connectivity index (χ1) is 11.9. The Morgan fingerprint density at radius 3 is 1.38 bits per heavy atom. The summed E-state index contributed by atoms with van der Waals surface area (Å²) in [6.45, 7) is 5.42. The Balaban J connectivity index is 2.79. The van der Waals surface area contributed by atoms with E-state index in [0.717, 1.165) is 24.3 Å². The van der Waals surface area contributed by atoms with Gasteiger partial charge in [-0.3, -0.25) is 0 Å². The average molecular weight is 374 g/mol. The largest absolute Gasteiger partial charge is 0.411 e. The predicted molar refractivity (Wildman–Crippen MR) is 89.2 cm³/mol. The molecule has 0 saturated carbocycles. The quantitative estimate of drug-likeness (QED) is 0.517. The van der Waals surface area contributed by atoms with Crippen LogP contribution in [0, 0.1) is 0 Å². The van der Waals surface area contributed by atoms with Crippen LogP contribution in [0.1, 0.15) is 48.9 Å². The van der Waals surface area contributed by atoms with E-state index < -0.39 is 28.9 Å². The lowest BCUT2D eigenvalue weighted by atomic mass is 9.72. The summed E-state index contributed by atoms with van der Waals surface area (Å²) in [5.41, 5.74) is -4.38. The average Bonchev–Trinajstić information content (AvgIpc) is 2.54. The van der Waals surface area contributed by atoms with E-state index in [2.05, 4.69) is 0 Å². The van der Waals surface area contributed by atoms with Crippen molar-refractivity contribution in [2.75, 3.05) is 0 Å². The maximum Gasteiger partial charge on any atom is 0.411 e. The monoisotopic (exact) mass is 374 g/mol. The molecule has 0 unspecified atom stereocenters. The van der Waals surface area contributed by atoms with Gasteiger partial charge < -0.3 is 0 Å². The van der Waals surface area contributed by atoms with Crippen LogP contribution >= 0.6 is 0 Å². The maximum atomic E-state index is 14.0. The summed E-state index contributed by atoms with van der Waals surface area (Å²) in [5.74, 6) is -0.000869. The standard InChI is InChI=1S/C20H20F6/c1-4-14-5-9-16(10-6-14)18(19(21,22)23,20(24,25)26)17-11-7-15(8-12-17)13(2)3/h5-13H,4H2,1-3H3. The number of aryl methyl sites for hydroxylation is 1. The lowest BCUT2D eigenvalue weighted by Gasteiger charge is -2.38. The van der Waals surface area contributed by atoms with Crippen LogP contribution in [0.3, 0.4) is 0 Å². The van der Waals surface area contributed by atoms with Crippen LogP contribution < -0.4 is 0 Å². The Hall–Kier alpha value is -1.98. The molecule has 0 N–H and O–H groups in total. The summed E-state index contributed by atoms with van der Waals surface area (Å²) in [6.07, 6.45) is -10.6. The van der Waals surface area contributed by atoms with E-state index in [1.54, 1.807) is 6.92 Å². The summed E-state index contributed by atoms with van der Waals surface area (Å²) in [4.78, 5) is 0. The number of alkyl halides is 6. The van der Waals surface area contributed by atoms with E-state index in [1.165, 1.54) is 24.3 Å². The molecule has 0 amide bonds. The molecule has 0 bridgehead atoms. The molecule has 0 radical (unpaired) electrons. The van der Waals surface area contributed by atoms with Gasteiger partial charge in [0.05, 0.1) is 0 Å². The third-order valence-electron chi connectivity index (χ3n) is 4.66. The minimum Gasteiger partial charge on any atom is -0.169 e. The smallest absolute Gasteiger partial charge is 0.169 e. The lowest BCUT2D eigenvalue weighted by Crippen LogP contribution is -2.54. The molecule has 2 rings (SSSR count). The van der Waals surface area contributed by atoms with Gasteiger partial charge in [0.1, 0.15) is 0 Å². The van der Waals surface area contributed by atoms with Crippen LogP contribution in [0.25, 0.3) is 0 Å². The van der Waals surface area contributed by atoms with Crippen molar-refractivity contribution in [3.63, 3.8) is 0 Å². The highest BCUT2D eigenvalue weighted by atomic mass is 19.4. The van der Waals surface area contributed by atoms with Crippen LogP contribution in [0.4, 0.5) is 26.3 Å². The fourth-order valence-electron chi connectivity index (χ4n) is 3.09. The number of hydrogen-bond donors (Lipinski definition) is 0. The molecule has 0 spiro atoms. The molecule has 0 atom stereocenters. The normalized spacial score (nSPS) is 13.3. The highest BCUT2D eigenvalue weighted by Crippen LogP contribution is 2.56. The van der Waals surface area contributed by atoms with Gasteiger partial charge in [0.25, 0.3) is 0 Å². The molecule has 26 heavy (non-hydrogen) atoms. The summed E-state index contributed by atoms with van der Waals surface area (Å²) in [5, 5.41) is 0. The molecule has 0 nitrogen and oxygen atoms in total. The van der Waals surface area contributed by atoms with E-state index in [1.807, 2.05) is 13.8 Å². The SMILES string of the molecule is CCc1ccc(C(c2ccc(C(C)C)cc2)(C(F)(F)F)C(F)(F)F)cc1. The van der Waals surface area contributed by atoms with Gasteiger partial charge in [-0.2, -0.15) is 26.3 Å². The van der Waals surface area contributed by atoms with Crippen molar-refractivity contribution < 1.29 is 26.3 Å². The number of benzene rings is 2. The van der Waals surface area contributed by atoms with E-state index in [-0.39, 0.29) is 5.92 Å². The molecule has 0 aliphatic heterocycles. The Morgan fingerprint density at radius 2 is 1.08 bits per heavy atom. The van der Waals surface area contributed by atoms with Crippen LogP contribution in [0.15, 0.2) is 48.5 Å². The first kappa shape index (κ1) is 20.3. The Bertz CT molecular complexity index is 707. The highest BCUT2D eigenvalue weighted by molar-refractivity contribution is 5.45. The van der Waals surface area contributed by atoms with Crippen molar-refractivity contribution in [1.82, 2.24) is 0 Å².